The molecule has 2 amide bonds. The first-order chi connectivity index (χ1) is 8.15. The van der Waals surface area contributed by atoms with E-state index in [0.29, 0.717) is 26.1 Å². The Hall–Kier alpha value is -1.14. The molecule has 0 saturated carbocycles. The van der Waals surface area contributed by atoms with Crippen LogP contribution in [0.5, 0.6) is 0 Å². The first-order valence-corrected chi connectivity index (χ1v) is 5.76. The van der Waals surface area contributed by atoms with Gasteiger partial charge in [-0.2, -0.15) is 0 Å². The summed E-state index contributed by atoms with van der Waals surface area (Å²) in [5, 5.41) is 2.68. The van der Waals surface area contributed by atoms with E-state index in [9.17, 15) is 9.59 Å². The average Bonchev–Trinajstić information content (AvgIpc) is 2.93. The van der Waals surface area contributed by atoms with Gasteiger partial charge in [0.1, 0.15) is 12.2 Å². The van der Waals surface area contributed by atoms with E-state index in [0.717, 1.165) is 0 Å². The molecule has 3 unspecified atom stereocenters. The molecule has 2 saturated heterocycles. The van der Waals surface area contributed by atoms with Crippen LogP contribution in [0.1, 0.15) is 6.42 Å². The van der Waals surface area contributed by atoms with Crippen LogP contribution in [0, 0.1) is 5.92 Å². The zero-order chi connectivity index (χ0) is 12.4. The second-order valence-corrected chi connectivity index (χ2v) is 4.50. The zero-order valence-corrected chi connectivity index (χ0v) is 10.1. The molecule has 6 nitrogen and oxygen atoms in total. The summed E-state index contributed by atoms with van der Waals surface area (Å²) >= 11 is 0. The average molecular weight is 242 g/mol. The number of likely N-dealkylation sites (tertiary alicyclic amines) is 1. The van der Waals surface area contributed by atoms with Gasteiger partial charge in [0.05, 0.1) is 5.92 Å². The number of carbonyl (C=O) groups excluding carboxylic acids is 2. The number of carbonyl (C=O) groups is 2. The van der Waals surface area contributed by atoms with Gasteiger partial charge < -0.3 is 19.7 Å². The maximum absolute atomic E-state index is 12.1. The number of nitrogens with zero attached hydrogens (tertiary/aromatic N) is 1. The van der Waals surface area contributed by atoms with E-state index < -0.39 is 0 Å². The summed E-state index contributed by atoms with van der Waals surface area (Å²) in [5.74, 6) is -0.255. The summed E-state index contributed by atoms with van der Waals surface area (Å²) in [6.45, 7) is 1.53. The highest BCUT2D eigenvalue weighted by Crippen LogP contribution is 2.20. The minimum atomic E-state index is -0.226. The normalized spacial score (nSPS) is 32.9. The summed E-state index contributed by atoms with van der Waals surface area (Å²) in [7, 11) is 3.23. The van der Waals surface area contributed by atoms with Crippen LogP contribution >= 0.6 is 0 Å². The summed E-state index contributed by atoms with van der Waals surface area (Å²) in [4.78, 5) is 25.0. The van der Waals surface area contributed by atoms with Crippen molar-refractivity contribution in [1.82, 2.24) is 10.2 Å². The van der Waals surface area contributed by atoms with Gasteiger partial charge in [0, 0.05) is 40.3 Å². The van der Waals surface area contributed by atoms with E-state index >= 15 is 0 Å². The van der Waals surface area contributed by atoms with Crippen molar-refractivity contribution in [2.24, 2.45) is 5.92 Å². The highest BCUT2D eigenvalue weighted by atomic mass is 16.5. The molecule has 1 N–H and O–H groups in total. The maximum atomic E-state index is 12.1. The Bertz CT molecular complexity index is 309. The SMILES string of the molecule is COC1CN(C(=O)C2CNC(=O)C2)CC1OC. The first-order valence-electron chi connectivity index (χ1n) is 5.76. The molecule has 0 spiro atoms. The lowest BCUT2D eigenvalue weighted by atomic mass is 10.1. The smallest absolute Gasteiger partial charge is 0.228 e. The van der Waals surface area contributed by atoms with Crippen molar-refractivity contribution in [3.05, 3.63) is 0 Å². The minimum absolute atomic E-state index is 0.0185. The quantitative estimate of drug-likeness (QED) is 0.689. The molecule has 17 heavy (non-hydrogen) atoms. The highest BCUT2D eigenvalue weighted by Gasteiger charge is 2.39. The Kier molecular flexibility index (Phi) is 3.63. The van der Waals surface area contributed by atoms with Crippen molar-refractivity contribution in [2.75, 3.05) is 33.9 Å². The van der Waals surface area contributed by atoms with Crippen molar-refractivity contribution in [3.8, 4) is 0 Å². The summed E-state index contributed by atoms with van der Waals surface area (Å²) in [6.07, 6.45) is 0.146. The van der Waals surface area contributed by atoms with Crippen LogP contribution in [0.25, 0.3) is 0 Å². The lowest BCUT2D eigenvalue weighted by Crippen LogP contribution is -2.36. The highest BCUT2D eigenvalue weighted by molar-refractivity contribution is 5.89. The van der Waals surface area contributed by atoms with Crippen LogP contribution in [0.2, 0.25) is 0 Å². The molecule has 0 aromatic rings. The van der Waals surface area contributed by atoms with E-state index in [1.54, 1.807) is 19.1 Å². The molecule has 96 valence electrons. The minimum Gasteiger partial charge on any atom is -0.377 e. The van der Waals surface area contributed by atoms with Crippen molar-refractivity contribution >= 4 is 11.8 Å². The van der Waals surface area contributed by atoms with E-state index in [1.165, 1.54) is 0 Å². The Balaban J connectivity index is 1.95. The molecule has 0 aromatic heterocycles. The number of hydrogen-bond acceptors (Lipinski definition) is 4. The lowest BCUT2D eigenvalue weighted by molar-refractivity contribution is -0.135. The number of hydrogen-bond donors (Lipinski definition) is 1. The van der Waals surface area contributed by atoms with Crippen LogP contribution in [0.3, 0.4) is 0 Å². The van der Waals surface area contributed by atoms with Gasteiger partial charge in [0.25, 0.3) is 0 Å². The fourth-order valence-corrected chi connectivity index (χ4v) is 2.41. The van der Waals surface area contributed by atoms with Gasteiger partial charge in [-0.25, -0.2) is 0 Å². The fraction of sp³-hybridized carbons (Fsp3) is 0.818. The largest absolute Gasteiger partial charge is 0.377 e. The number of methoxy groups -OCH3 is 2. The number of ether oxygens (including phenoxy) is 2. The monoisotopic (exact) mass is 242 g/mol. The van der Waals surface area contributed by atoms with Gasteiger partial charge in [0.2, 0.25) is 11.8 Å². The lowest BCUT2D eigenvalue weighted by Gasteiger charge is -2.18. The third-order valence-electron chi connectivity index (χ3n) is 3.46. The Morgan fingerprint density at radius 1 is 1.29 bits per heavy atom. The molecular weight excluding hydrogens is 224 g/mol. The Morgan fingerprint density at radius 2 is 1.88 bits per heavy atom. The molecule has 0 radical (unpaired) electrons. The number of amides is 2. The molecule has 2 fully saturated rings. The predicted octanol–water partition coefficient (Wildman–Crippen LogP) is -1.01. The molecule has 2 rings (SSSR count). The van der Waals surface area contributed by atoms with E-state index in [1.807, 2.05) is 0 Å². The third-order valence-corrected chi connectivity index (χ3v) is 3.46. The Labute approximate surface area is 100 Å². The van der Waals surface area contributed by atoms with Gasteiger partial charge in [0.15, 0.2) is 0 Å². The molecule has 0 aromatic carbocycles. The van der Waals surface area contributed by atoms with Crippen LogP contribution in [0.15, 0.2) is 0 Å². The van der Waals surface area contributed by atoms with Crippen LogP contribution < -0.4 is 5.32 Å². The fourth-order valence-electron chi connectivity index (χ4n) is 2.41. The molecular formula is C11H18N2O4. The molecule has 6 heteroatoms. The maximum Gasteiger partial charge on any atom is 0.228 e. The van der Waals surface area contributed by atoms with Crippen molar-refractivity contribution in [1.29, 1.82) is 0 Å². The molecule has 2 heterocycles. The van der Waals surface area contributed by atoms with E-state index in [4.69, 9.17) is 9.47 Å². The van der Waals surface area contributed by atoms with E-state index in [-0.39, 0.29) is 29.9 Å². The van der Waals surface area contributed by atoms with E-state index in [2.05, 4.69) is 5.32 Å². The summed E-state index contributed by atoms with van der Waals surface area (Å²) < 4.78 is 10.6. The van der Waals surface area contributed by atoms with Gasteiger partial charge >= 0.3 is 0 Å². The van der Waals surface area contributed by atoms with Gasteiger partial charge in [-0.15, -0.1) is 0 Å². The second-order valence-electron chi connectivity index (χ2n) is 4.50. The van der Waals surface area contributed by atoms with Crippen molar-refractivity contribution in [3.63, 3.8) is 0 Å². The molecule has 3 atom stereocenters. The van der Waals surface area contributed by atoms with Crippen molar-refractivity contribution in [2.45, 2.75) is 18.6 Å². The Morgan fingerprint density at radius 3 is 2.29 bits per heavy atom. The summed E-state index contributed by atoms with van der Waals surface area (Å²) in [5.41, 5.74) is 0. The second kappa shape index (κ2) is 5.01. The van der Waals surface area contributed by atoms with Crippen LogP contribution in [-0.4, -0.2) is 62.8 Å². The molecule has 2 aliphatic heterocycles. The van der Waals surface area contributed by atoms with Crippen LogP contribution in [0.4, 0.5) is 0 Å². The van der Waals surface area contributed by atoms with Crippen molar-refractivity contribution < 1.29 is 19.1 Å². The zero-order valence-electron chi connectivity index (χ0n) is 10.1. The van der Waals surface area contributed by atoms with Gasteiger partial charge in [-0.05, 0) is 0 Å². The standard InChI is InChI=1S/C11H18N2O4/c1-16-8-5-13(6-9(8)17-2)11(15)7-3-10(14)12-4-7/h7-9H,3-6H2,1-2H3,(H,12,14). The molecule has 2 aliphatic rings. The topological polar surface area (TPSA) is 67.9 Å². The number of nitrogens with one attached hydrogen (secondary N) is 1. The van der Waals surface area contributed by atoms with Crippen LogP contribution in [-0.2, 0) is 19.1 Å². The molecule has 0 aliphatic carbocycles. The van der Waals surface area contributed by atoms with Gasteiger partial charge in [-0.1, -0.05) is 0 Å². The van der Waals surface area contributed by atoms with Gasteiger partial charge in [-0.3, -0.25) is 9.59 Å². The molecule has 0 bridgehead atoms. The first kappa shape index (κ1) is 12.3. The predicted molar refractivity (Wildman–Crippen MR) is 59.3 cm³/mol. The number of rotatable bonds is 3. The third kappa shape index (κ3) is 2.42. The summed E-state index contributed by atoms with van der Waals surface area (Å²) in [6, 6.07) is 0.